The molecule has 8 nitrogen and oxygen atoms in total. The Labute approximate surface area is 239 Å². The SMILES string of the molecule is O=C(c1ccc(F)cc1)C1C(C(=O)c2cccc([N+](=O)[O-])c2)C2(C(=O)Nc3ccccc32)C2c3ccccc3C=CN12. The lowest BCUT2D eigenvalue weighted by molar-refractivity contribution is -0.384. The zero-order chi connectivity index (χ0) is 29.2. The lowest BCUT2D eigenvalue weighted by atomic mass is 9.62. The number of hydrogen-bond donors (Lipinski definition) is 1. The number of nitro groups is 1. The van der Waals surface area contributed by atoms with Gasteiger partial charge in [0.25, 0.3) is 5.69 Å². The van der Waals surface area contributed by atoms with E-state index in [1.165, 1.54) is 48.5 Å². The molecule has 4 aromatic carbocycles. The van der Waals surface area contributed by atoms with Gasteiger partial charge in [-0.25, -0.2) is 4.39 Å². The summed E-state index contributed by atoms with van der Waals surface area (Å²) in [5.41, 5.74) is 1.03. The molecule has 0 aliphatic carbocycles. The standard InChI is InChI=1S/C33H22FN3O5/c34-22-14-12-20(13-15-22)30(39)28-27(29(38)21-7-5-8-23(18-21)37(41)42)33(25-10-3-4-11-26(25)35-32(33)40)31-24-9-2-1-6-19(24)16-17-36(28)31/h1-18,27-28,31H,(H,35,40). The Bertz CT molecular complexity index is 1850. The summed E-state index contributed by atoms with van der Waals surface area (Å²) in [5, 5.41) is 14.6. The number of nitrogens with zero attached hydrogens (tertiary/aromatic N) is 2. The van der Waals surface area contributed by atoms with Crippen LogP contribution < -0.4 is 5.32 Å². The molecule has 7 rings (SSSR count). The fourth-order valence-electron chi connectivity index (χ4n) is 6.90. The maximum Gasteiger partial charge on any atom is 0.270 e. The zero-order valence-corrected chi connectivity index (χ0v) is 21.9. The summed E-state index contributed by atoms with van der Waals surface area (Å²) < 4.78 is 13.9. The molecule has 206 valence electrons. The fraction of sp³-hybridized carbons (Fsp3) is 0.121. The minimum absolute atomic E-state index is 0.0137. The van der Waals surface area contributed by atoms with E-state index in [0.717, 1.165) is 11.1 Å². The average molecular weight is 560 g/mol. The van der Waals surface area contributed by atoms with Gasteiger partial charge in [-0.15, -0.1) is 0 Å². The quantitative estimate of drug-likeness (QED) is 0.190. The van der Waals surface area contributed by atoms with Crippen molar-refractivity contribution in [3.05, 3.63) is 147 Å². The molecule has 1 saturated heterocycles. The normalized spacial score (nSPS) is 23.2. The van der Waals surface area contributed by atoms with Crippen LogP contribution in [-0.2, 0) is 10.2 Å². The number of benzene rings is 4. The number of non-ortho nitro benzene ring substituents is 1. The van der Waals surface area contributed by atoms with Crippen LogP contribution in [0.2, 0.25) is 0 Å². The van der Waals surface area contributed by atoms with Gasteiger partial charge in [0, 0.05) is 35.1 Å². The number of amides is 1. The lowest BCUT2D eigenvalue weighted by Gasteiger charge is -2.38. The summed E-state index contributed by atoms with van der Waals surface area (Å²) in [4.78, 5) is 56.3. The molecule has 4 unspecified atom stereocenters. The van der Waals surface area contributed by atoms with Crippen LogP contribution in [0.3, 0.4) is 0 Å². The van der Waals surface area contributed by atoms with Crippen molar-refractivity contribution in [1.82, 2.24) is 4.90 Å². The molecule has 3 aliphatic rings. The number of anilines is 1. The third kappa shape index (κ3) is 3.49. The maximum atomic E-state index is 14.7. The van der Waals surface area contributed by atoms with Gasteiger partial charge in [-0.1, -0.05) is 54.6 Å². The Hall–Kier alpha value is -5.44. The van der Waals surface area contributed by atoms with Gasteiger partial charge >= 0.3 is 0 Å². The Morgan fingerprint density at radius 2 is 1.62 bits per heavy atom. The number of para-hydroxylation sites is 1. The van der Waals surface area contributed by atoms with Gasteiger partial charge in [0.2, 0.25) is 5.91 Å². The molecule has 42 heavy (non-hydrogen) atoms. The highest BCUT2D eigenvalue weighted by Crippen LogP contribution is 2.62. The smallest absolute Gasteiger partial charge is 0.270 e. The minimum atomic E-state index is -1.57. The van der Waals surface area contributed by atoms with Crippen molar-refractivity contribution in [3.8, 4) is 0 Å². The van der Waals surface area contributed by atoms with E-state index in [4.69, 9.17) is 0 Å². The predicted molar refractivity (Wildman–Crippen MR) is 152 cm³/mol. The Kier molecular flexibility index (Phi) is 5.65. The van der Waals surface area contributed by atoms with Crippen LogP contribution in [0.4, 0.5) is 15.8 Å². The number of carbonyl (C=O) groups is 3. The van der Waals surface area contributed by atoms with Crippen LogP contribution in [0.25, 0.3) is 6.08 Å². The van der Waals surface area contributed by atoms with Crippen molar-refractivity contribution < 1.29 is 23.7 Å². The number of carbonyl (C=O) groups excluding carboxylic acids is 3. The number of nitro benzene ring substituents is 1. The molecule has 3 heterocycles. The summed E-state index contributed by atoms with van der Waals surface area (Å²) >= 11 is 0. The van der Waals surface area contributed by atoms with E-state index in [1.54, 1.807) is 35.4 Å². The number of nitrogens with one attached hydrogen (secondary N) is 1. The topological polar surface area (TPSA) is 110 Å². The molecular formula is C33H22FN3O5. The summed E-state index contributed by atoms with van der Waals surface area (Å²) in [6, 6.07) is 23.0. The van der Waals surface area contributed by atoms with E-state index in [2.05, 4.69) is 5.32 Å². The van der Waals surface area contributed by atoms with E-state index in [0.29, 0.717) is 11.3 Å². The largest absolute Gasteiger partial charge is 0.358 e. The van der Waals surface area contributed by atoms with E-state index in [9.17, 15) is 28.9 Å². The second kappa shape index (κ2) is 9.31. The zero-order valence-electron chi connectivity index (χ0n) is 21.9. The molecule has 1 amide bonds. The van der Waals surface area contributed by atoms with Gasteiger partial charge in [-0.3, -0.25) is 24.5 Å². The molecule has 0 radical (unpaired) electrons. The Balaban J connectivity index is 1.53. The lowest BCUT2D eigenvalue weighted by Crippen LogP contribution is -2.49. The number of fused-ring (bicyclic) bond motifs is 6. The first-order valence-corrected chi connectivity index (χ1v) is 13.4. The molecule has 4 aromatic rings. The highest BCUT2D eigenvalue weighted by atomic mass is 19.1. The number of ketones is 2. The summed E-state index contributed by atoms with van der Waals surface area (Å²) in [6.07, 6.45) is 3.57. The van der Waals surface area contributed by atoms with Crippen LogP contribution in [0.15, 0.2) is 103 Å². The predicted octanol–water partition coefficient (Wildman–Crippen LogP) is 5.72. The maximum absolute atomic E-state index is 14.7. The first-order chi connectivity index (χ1) is 20.3. The molecule has 1 fully saturated rings. The Morgan fingerprint density at radius 1 is 0.881 bits per heavy atom. The number of hydrogen-bond acceptors (Lipinski definition) is 6. The van der Waals surface area contributed by atoms with Crippen molar-refractivity contribution in [2.45, 2.75) is 17.5 Å². The molecule has 3 aliphatic heterocycles. The third-order valence-electron chi connectivity index (χ3n) is 8.59. The number of halogens is 1. The van der Waals surface area contributed by atoms with Crippen LogP contribution >= 0.6 is 0 Å². The monoisotopic (exact) mass is 559 g/mol. The van der Waals surface area contributed by atoms with Crippen LogP contribution in [0, 0.1) is 21.8 Å². The highest BCUT2D eigenvalue weighted by Gasteiger charge is 2.70. The minimum Gasteiger partial charge on any atom is -0.358 e. The average Bonchev–Trinajstić information content (AvgIpc) is 3.49. The molecule has 0 saturated carbocycles. The third-order valence-corrected chi connectivity index (χ3v) is 8.59. The van der Waals surface area contributed by atoms with E-state index < -0.39 is 51.6 Å². The van der Waals surface area contributed by atoms with Crippen LogP contribution in [0.5, 0.6) is 0 Å². The Morgan fingerprint density at radius 3 is 2.40 bits per heavy atom. The van der Waals surface area contributed by atoms with Gasteiger partial charge in [0.05, 0.1) is 16.9 Å². The van der Waals surface area contributed by atoms with Gasteiger partial charge in [-0.05, 0) is 53.1 Å². The van der Waals surface area contributed by atoms with Crippen molar-refractivity contribution in [3.63, 3.8) is 0 Å². The molecule has 4 atom stereocenters. The highest BCUT2D eigenvalue weighted by molar-refractivity contribution is 6.16. The van der Waals surface area contributed by atoms with E-state index >= 15 is 0 Å². The molecular weight excluding hydrogens is 537 g/mol. The van der Waals surface area contributed by atoms with Crippen LogP contribution in [-0.4, -0.2) is 33.3 Å². The first kappa shape index (κ1) is 25.5. The molecule has 0 aromatic heterocycles. The summed E-state index contributed by atoms with van der Waals surface area (Å²) in [5.74, 6) is -3.30. The van der Waals surface area contributed by atoms with Crippen molar-refractivity contribution in [2.24, 2.45) is 5.92 Å². The van der Waals surface area contributed by atoms with E-state index in [-0.39, 0.29) is 16.8 Å². The molecule has 0 bridgehead atoms. The summed E-state index contributed by atoms with van der Waals surface area (Å²) in [7, 11) is 0. The second-order valence-corrected chi connectivity index (χ2v) is 10.6. The molecule has 1 N–H and O–H groups in total. The number of Topliss-reactive ketones (excluding diaryl/α,β-unsaturated/α-hetero) is 2. The van der Waals surface area contributed by atoms with Gasteiger partial charge in [0.15, 0.2) is 11.6 Å². The summed E-state index contributed by atoms with van der Waals surface area (Å²) in [6.45, 7) is 0. The second-order valence-electron chi connectivity index (χ2n) is 10.6. The van der Waals surface area contributed by atoms with Gasteiger partial charge in [0.1, 0.15) is 17.3 Å². The van der Waals surface area contributed by atoms with Gasteiger partial charge < -0.3 is 10.2 Å². The first-order valence-electron chi connectivity index (χ1n) is 13.4. The van der Waals surface area contributed by atoms with Gasteiger partial charge in [-0.2, -0.15) is 0 Å². The van der Waals surface area contributed by atoms with Crippen molar-refractivity contribution in [2.75, 3.05) is 5.32 Å². The molecule has 9 heteroatoms. The van der Waals surface area contributed by atoms with Crippen molar-refractivity contribution >= 4 is 34.9 Å². The fourth-order valence-corrected chi connectivity index (χ4v) is 6.90. The van der Waals surface area contributed by atoms with E-state index in [1.807, 2.05) is 30.3 Å². The number of rotatable bonds is 5. The molecule has 1 spiro atoms. The van der Waals surface area contributed by atoms with Crippen molar-refractivity contribution in [1.29, 1.82) is 0 Å². The van der Waals surface area contributed by atoms with Crippen LogP contribution in [0.1, 0.15) is 43.4 Å².